The fourth-order valence-corrected chi connectivity index (χ4v) is 1.73. The molecule has 0 saturated heterocycles. The van der Waals surface area contributed by atoms with Crippen LogP contribution in [0.5, 0.6) is 0 Å². The summed E-state index contributed by atoms with van der Waals surface area (Å²) in [4.78, 5) is 46.6. The van der Waals surface area contributed by atoms with Gasteiger partial charge < -0.3 is 20.1 Å². The maximum atomic E-state index is 11.7. The Balaban J connectivity index is 4.23. The summed E-state index contributed by atoms with van der Waals surface area (Å²) in [6.45, 7) is 7.89. The average molecular weight is 370 g/mol. The Morgan fingerprint density at radius 1 is 0.769 bits per heavy atom. The number of hydrogen-bond acceptors (Lipinski definition) is 6. The van der Waals surface area contributed by atoms with Gasteiger partial charge in [0.2, 0.25) is 0 Å². The number of esters is 2. The van der Waals surface area contributed by atoms with Crippen molar-refractivity contribution in [3.8, 4) is 0 Å². The molecule has 0 aliphatic rings. The zero-order chi connectivity index (χ0) is 19.9. The predicted molar refractivity (Wildman–Crippen MR) is 96.1 cm³/mol. The van der Waals surface area contributed by atoms with Gasteiger partial charge in [0.15, 0.2) is 12.2 Å². The number of carbonyl (C=O) groups is 4. The highest BCUT2D eigenvalue weighted by molar-refractivity contribution is 5.94. The van der Waals surface area contributed by atoms with Gasteiger partial charge in [0.25, 0.3) is 11.8 Å². The molecule has 8 nitrogen and oxygen atoms in total. The van der Waals surface area contributed by atoms with Crippen molar-refractivity contribution >= 4 is 23.8 Å². The lowest BCUT2D eigenvalue weighted by Gasteiger charge is -2.12. The van der Waals surface area contributed by atoms with E-state index in [0.717, 1.165) is 37.8 Å². The van der Waals surface area contributed by atoms with Crippen LogP contribution in [0.25, 0.3) is 0 Å². The van der Waals surface area contributed by atoms with E-state index in [0.29, 0.717) is 13.1 Å². The smallest absolute Gasteiger partial charge is 0.331 e. The Bertz CT molecular complexity index is 460. The van der Waals surface area contributed by atoms with E-state index in [2.05, 4.69) is 10.6 Å². The first kappa shape index (κ1) is 23.6. The van der Waals surface area contributed by atoms with Gasteiger partial charge in [-0.05, 0) is 26.7 Å². The first-order valence-electron chi connectivity index (χ1n) is 8.96. The van der Waals surface area contributed by atoms with Crippen LogP contribution in [0.2, 0.25) is 0 Å². The highest BCUT2D eigenvalue weighted by Crippen LogP contribution is 1.97. The number of hydrogen-bond donors (Lipinski definition) is 2. The van der Waals surface area contributed by atoms with Crippen LogP contribution in [0.1, 0.15) is 53.4 Å². The largest absolute Gasteiger partial charge is 0.449 e. The van der Waals surface area contributed by atoms with Crippen LogP contribution in [0.15, 0.2) is 12.2 Å². The normalized spacial score (nSPS) is 12.9. The van der Waals surface area contributed by atoms with Crippen molar-refractivity contribution in [1.29, 1.82) is 0 Å². The summed E-state index contributed by atoms with van der Waals surface area (Å²) in [6, 6.07) is 0. The topological polar surface area (TPSA) is 111 Å². The lowest BCUT2D eigenvalue weighted by molar-refractivity contribution is -0.151. The van der Waals surface area contributed by atoms with E-state index in [1.807, 2.05) is 13.8 Å². The maximum absolute atomic E-state index is 11.7. The van der Waals surface area contributed by atoms with E-state index in [1.54, 1.807) is 0 Å². The summed E-state index contributed by atoms with van der Waals surface area (Å²) in [7, 11) is 0. The number of nitrogens with one attached hydrogen (secondary N) is 2. The fraction of sp³-hybridized carbons (Fsp3) is 0.667. The van der Waals surface area contributed by atoms with Crippen LogP contribution >= 0.6 is 0 Å². The van der Waals surface area contributed by atoms with Crippen molar-refractivity contribution in [2.45, 2.75) is 65.6 Å². The number of unbranched alkanes of at least 4 members (excludes halogenated alkanes) is 2. The molecule has 2 N–H and O–H groups in total. The van der Waals surface area contributed by atoms with Crippen LogP contribution in [-0.4, -0.2) is 49.1 Å². The van der Waals surface area contributed by atoms with E-state index < -0.39 is 36.0 Å². The molecular weight excluding hydrogens is 340 g/mol. The Hall–Kier alpha value is -2.38. The minimum Gasteiger partial charge on any atom is -0.449 e. The molecular formula is C18H30N2O6. The zero-order valence-electron chi connectivity index (χ0n) is 16.0. The molecule has 0 heterocycles. The molecule has 0 aromatic carbocycles. The van der Waals surface area contributed by atoms with E-state index >= 15 is 0 Å². The molecule has 0 aliphatic heterocycles. The lowest BCUT2D eigenvalue weighted by Crippen LogP contribution is -2.36. The molecule has 0 bridgehead atoms. The quantitative estimate of drug-likeness (QED) is 0.304. The van der Waals surface area contributed by atoms with E-state index in [9.17, 15) is 19.2 Å². The second-order valence-electron chi connectivity index (χ2n) is 5.78. The monoisotopic (exact) mass is 370 g/mol. The minimum atomic E-state index is -0.969. The molecule has 2 atom stereocenters. The standard InChI is InChI=1S/C18H30N2O6/c1-5-7-11-19-17(23)13(3)25-15(21)9-10-16(22)26-14(4)18(24)20-12-8-6-2/h9-10,13-14H,5-8,11-12H2,1-4H3,(H,19,23)(H,20,24)/b10-9+/t13-,14-/m0/s1. The first-order valence-corrected chi connectivity index (χ1v) is 8.96. The molecule has 0 aromatic rings. The Morgan fingerprint density at radius 3 is 1.42 bits per heavy atom. The molecule has 26 heavy (non-hydrogen) atoms. The third kappa shape index (κ3) is 11.2. The van der Waals surface area contributed by atoms with Crippen LogP contribution in [0.4, 0.5) is 0 Å². The summed E-state index contributed by atoms with van der Waals surface area (Å²) in [5.41, 5.74) is 0. The molecule has 8 heteroatoms. The molecule has 0 aromatic heterocycles. The molecule has 0 aliphatic carbocycles. The molecule has 2 amide bonds. The number of carbonyl (C=O) groups excluding carboxylic acids is 4. The van der Waals surface area contributed by atoms with Crippen molar-refractivity contribution < 1.29 is 28.7 Å². The van der Waals surface area contributed by atoms with Crippen LogP contribution < -0.4 is 10.6 Å². The first-order chi connectivity index (χ1) is 12.3. The van der Waals surface area contributed by atoms with Gasteiger partial charge in [-0.3, -0.25) is 9.59 Å². The van der Waals surface area contributed by atoms with Crippen molar-refractivity contribution in [3.05, 3.63) is 12.2 Å². The summed E-state index contributed by atoms with van der Waals surface area (Å²) in [6.07, 6.45) is 3.33. The zero-order valence-corrected chi connectivity index (χ0v) is 16.0. The minimum absolute atomic E-state index is 0.403. The Labute approximate surface area is 154 Å². The van der Waals surface area contributed by atoms with Crippen molar-refractivity contribution in [2.75, 3.05) is 13.1 Å². The highest BCUT2D eigenvalue weighted by Gasteiger charge is 2.18. The van der Waals surface area contributed by atoms with Gasteiger partial charge >= 0.3 is 11.9 Å². The van der Waals surface area contributed by atoms with Crippen LogP contribution in [0.3, 0.4) is 0 Å². The maximum Gasteiger partial charge on any atom is 0.331 e. The second kappa shape index (κ2) is 13.9. The predicted octanol–water partition coefficient (Wildman–Crippen LogP) is 1.24. The molecule has 0 radical (unpaired) electrons. The highest BCUT2D eigenvalue weighted by atomic mass is 16.6. The van der Waals surface area contributed by atoms with Gasteiger partial charge in [0.05, 0.1) is 0 Å². The summed E-state index contributed by atoms with van der Waals surface area (Å²) < 4.78 is 9.77. The Morgan fingerprint density at radius 2 is 1.12 bits per heavy atom. The third-order valence-corrected chi connectivity index (χ3v) is 3.34. The van der Waals surface area contributed by atoms with Crippen LogP contribution in [-0.2, 0) is 28.7 Å². The fourth-order valence-electron chi connectivity index (χ4n) is 1.73. The van der Waals surface area contributed by atoms with Gasteiger partial charge in [-0.25, -0.2) is 9.59 Å². The van der Waals surface area contributed by atoms with Gasteiger partial charge in [0.1, 0.15) is 0 Å². The average Bonchev–Trinajstić information content (AvgIpc) is 2.60. The van der Waals surface area contributed by atoms with Gasteiger partial charge in [-0.1, -0.05) is 26.7 Å². The number of ether oxygens (including phenoxy) is 2. The van der Waals surface area contributed by atoms with Crippen molar-refractivity contribution in [1.82, 2.24) is 10.6 Å². The van der Waals surface area contributed by atoms with E-state index in [4.69, 9.17) is 9.47 Å². The number of amides is 2. The molecule has 0 fully saturated rings. The molecule has 0 spiro atoms. The van der Waals surface area contributed by atoms with Gasteiger partial charge in [-0.2, -0.15) is 0 Å². The van der Waals surface area contributed by atoms with Gasteiger partial charge in [0, 0.05) is 25.2 Å². The van der Waals surface area contributed by atoms with Crippen molar-refractivity contribution in [3.63, 3.8) is 0 Å². The van der Waals surface area contributed by atoms with E-state index in [-0.39, 0.29) is 0 Å². The molecule has 148 valence electrons. The summed E-state index contributed by atoms with van der Waals surface area (Å²) in [5.74, 6) is -2.50. The molecule has 0 unspecified atom stereocenters. The molecule has 0 saturated carbocycles. The summed E-state index contributed by atoms with van der Waals surface area (Å²) in [5, 5.41) is 5.27. The molecule has 0 rings (SSSR count). The SMILES string of the molecule is CCCCNC(=O)[C@H](C)OC(=O)/C=C/C(=O)O[C@@H](C)C(=O)NCCCC. The van der Waals surface area contributed by atoms with E-state index in [1.165, 1.54) is 13.8 Å². The van der Waals surface area contributed by atoms with Crippen molar-refractivity contribution in [2.24, 2.45) is 0 Å². The Kier molecular flexibility index (Phi) is 12.6. The second-order valence-corrected chi connectivity index (χ2v) is 5.78. The lowest BCUT2D eigenvalue weighted by atomic mass is 10.3. The number of rotatable bonds is 12. The van der Waals surface area contributed by atoms with Gasteiger partial charge in [-0.15, -0.1) is 0 Å². The third-order valence-electron chi connectivity index (χ3n) is 3.34. The van der Waals surface area contributed by atoms with Crippen LogP contribution in [0, 0.1) is 0 Å². The summed E-state index contributed by atoms with van der Waals surface area (Å²) >= 11 is 0.